The monoisotopic (exact) mass is 372 g/mol. The van der Waals surface area contributed by atoms with E-state index in [4.69, 9.17) is 24.9 Å². The Bertz CT molecular complexity index is 395. The first-order chi connectivity index (χ1) is 10.7. The molecule has 0 radical (unpaired) electrons. The number of alkyl halides is 6. The maximum atomic E-state index is 10.6. The summed E-state index contributed by atoms with van der Waals surface area (Å²) in [6.07, 6.45) is -10.2. The summed E-state index contributed by atoms with van der Waals surface area (Å²) < 4.78 is 63.5. The molecular weight excluding hydrogens is 358 g/mol. The van der Waals surface area contributed by atoms with Crippen molar-refractivity contribution in [1.82, 2.24) is 10.2 Å². The number of rotatable bonds is 2. The van der Waals surface area contributed by atoms with E-state index in [0.29, 0.717) is 0 Å². The Morgan fingerprint density at radius 3 is 1.33 bits per heavy atom. The summed E-state index contributed by atoms with van der Waals surface area (Å²) in [6.45, 7) is 3.71. The predicted octanol–water partition coefficient (Wildman–Crippen LogP) is 0.243. The second kappa shape index (κ2) is 10.6. The third-order valence-corrected chi connectivity index (χ3v) is 2.05. The molecule has 0 bridgehead atoms. The van der Waals surface area contributed by atoms with Gasteiger partial charge in [-0.05, 0) is 0 Å². The molecule has 0 aromatic heterocycles. The fourth-order valence-corrected chi connectivity index (χ4v) is 1.06. The van der Waals surface area contributed by atoms with Crippen LogP contribution in [0.4, 0.5) is 26.3 Å². The van der Waals surface area contributed by atoms with E-state index >= 15 is 0 Å². The van der Waals surface area contributed by atoms with E-state index in [1.165, 1.54) is 0 Å². The van der Waals surface area contributed by atoms with Gasteiger partial charge < -0.3 is 20.6 Å². The van der Waals surface area contributed by atoms with Crippen LogP contribution in [-0.4, -0.2) is 83.2 Å². The van der Waals surface area contributed by atoms with E-state index in [1.54, 1.807) is 0 Å². The zero-order valence-corrected chi connectivity index (χ0v) is 11.8. The van der Waals surface area contributed by atoms with Crippen molar-refractivity contribution in [3.63, 3.8) is 0 Å². The fourth-order valence-electron chi connectivity index (χ4n) is 1.06. The quantitative estimate of drug-likeness (QED) is 0.508. The number of piperazine rings is 1. The van der Waals surface area contributed by atoms with E-state index < -0.39 is 30.3 Å². The fraction of sp³-hybridized carbons (Fsp3) is 0.700. The molecule has 1 aliphatic rings. The van der Waals surface area contributed by atoms with Gasteiger partial charge in [-0.25, -0.2) is 9.59 Å². The number of hydrogen-bond donors (Lipinski definition) is 4. The van der Waals surface area contributed by atoms with E-state index in [2.05, 4.69) is 5.32 Å². The summed E-state index contributed by atoms with van der Waals surface area (Å²) in [5.41, 5.74) is 0. The second-order valence-electron chi connectivity index (χ2n) is 4.03. The molecule has 14 heteroatoms. The van der Waals surface area contributed by atoms with E-state index in [1.807, 2.05) is 4.90 Å². The molecule has 0 aliphatic carbocycles. The van der Waals surface area contributed by atoms with Gasteiger partial charge in [-0.2, -0.15) is 26.3 Å². The molecule has 0 saturated carbocycles. The lowest BCUT2D eigenvalue weighted by molar-refractivity contribution is -0.193. The molecule has 0 unspecified atom stereocenters. The molecule has 1 rings (SSSR count). The highest BCUT2D eigenvalue weighted by molar-refractivity contribution is 5.73. The van der Waals surface area contributed by atoms with Crippen LogP contribution in [-0.2, 0) is 14.4 Å². The SMILES string of the molecule is O=C(O)C(F)(F)F.O=C(O)C(F)(F)F.O=C(O)CN1CCNCC1. The highest BCUT2D eigenvalue weighted by atomic mass is 19.4. The van der Waals surface area contributed by atoms with Crippen LogP contribution in [0.1, 0.15) is 0 Å². The molecule has 1 heterocycles. The van der Waals surface area contributed by atoms with E-state index in [-0.39, 0.29) is 6.54 Å². The molecule has 142 valence electrons. The number of carboxylic acid groups (broad SMARTS) is 3. The molecule has 4 N–H and O–H groups in total. The average Bonchev–Trinajstić information content (AvgIpc) is 2.38. The molecule has 0 atom stereocenters. The number of carbonyl (C=O) groups is 3. The zero-order valence-electron chi connectivity index (χ0n) is 11.8. The van der Waals surface area contributed by atoms with Crippen molar-refractivity contribution < 1.29 is 56.0 Å². The van der Waals surface area contributed by atoms with Crippen LogP contribution in [0.2, 0.25) is 0 Å². The van der Waals surface area contributed by atoms with Crippen molar-refractivity contribution >= 4 is 17.9 Å². The van der Waals surface area contributed by atoms with Crippen molar-refractivity contribution in [2.75, 3.05) is 32.7 Å². The maximum Gasteiger partial charge on any atom is 0.490 e. The molecule has 1 aliphatic heterocycles. The second-order valence-corrected chi connectivity index (χ2v) is 4.03. The van der Waals surface area contributed by atoms with Gasteiger partial charge in [0.1, 0.15) is 0 Å². The van der Waals surface area contributed by atoms with Crippen LogP contribution in [0.25, 0.3) is 0 Å². The lowest BCUT2D eigenvalue weighted by Crippen LogP contribution is -2.45. The summed E-state index contributed by atoms with van der Waals surface area (Å²) in [6, 6.07) is 0. The molecule has 1 fully saturated rings. The largest absolute Gasteiger partial charge is 0.490 e. The number of halogens is 6. The molecule has 8 nitrogen and oxygen atoms in total. The minimum absolute atomic E-state index is 0.182. The van der Waals surface area contributed by atoms with Crippen LogP contribution < -0.4 is 5.32 Å². The van der Waals surface area contributed by atoms with Gasteiger partial charge >= 0.3 is 30.3 Å². The molecule has 0 amide bonds. The van der Waals surface area contributed by atoms with E-state index in [9.17, 15) is 31.1 Å². The lowest BCUT2D eigenvalue weighted by Gasteiger charge is -2.25. The number of nitrogens with zero attached hydrogens (tertiary/aromatic N) is 1. The summed E-state index contributed by atoms with van der Waals surface area (Å²) in [7, 11) is 0. The first-order valence-corrected chi connectivity index (χ1v) is 5.93. The van der Waals surface area contributed by atoms with Gasteiger partial charge in [0.15, 0.2) is 0 Å². The van der Waals surface area contributed by atoms with Gasteiger partial charge in [0.2, 0.25) is 0 Å². The highest BCUT2D eigenvalue weighted by Crippen LogP contribution is 2.13. The Labute approximate surface area is 130 Å². The molecule has 0 spiro atoms. The molecule has 24 heavy (non-hydrogen) atoms. The molecule has 1 saturated heterocycles. The van der Waals surface area contributed by atoms with Crippen molar-refractivity contribution in [3.8, 4) is 0 Å². The number of nitrogens with one attached hydrogen (secondary N) is 1. The first kappa shape index (κ1) is 24.2. The lowest BCUT2D eigenvalue weighted by atomic mass is 10.3. The normalized spacial score (nSPS) is 15.2. The predicted molar refractivity (Wildman–Crippen MR) is 64.3 cm³/mol. The Balaban J connectivity index is 0. The molecular formula is C10H14F6N2O6. The Kier molecular flexibility index (Phi) is 10.7. The average molecular weight is 372 g/mol. The molecule has 0 aromatic carbocycles. The third-order valence-electron chi connectivity index (χ3n) is 2.05. The topological polar surface area (TPSA) is 127 Å². The van der Waals surface area contributed by atoms with Gasteiger partial charge in [0.05, 0.1) is 6.54 Å². The zero-order chi connectivity index (χ0) is 19.6. The van der Waals surface area contributed by atoms with Crippen molar-refractivity contribution in [3.05, 3.63) is 0 Å². The van der Waals surface area contributed by atoms with Crippen molar-refractivity contribution in [2.24, 2.45) is 0 Å². The summed E-state index contributed by atoms with van der Waals surface area (Å²) >= 11 is 0. The summed E-state index contributed by atoms with van der Waals surface area (Å²) in [5.74, 6) is -6.25. The van der Waals surface area contributed by atoms with Gasteiger partial charge in [-0.3, -0.25) is 9.69 Å². The maximum absolute atomic E-state index is 10.6. The minimum Gasteiger partial charge on any atom is -0.480 e. The minimum atomic E-state index is -5.08. The van der Waals surface area contributed by atoms with Gasteiger partial charge in [-0.1, -0.05) is 0 Å². The molecule has 0 aromatic rings. The van der Waals surface area contributed by atoms with Crippen LogP contribution in [0.3, 0.4) is 0 Å². The Morgan fingerprint density at radius 2 is 1.12 bits per heavy atom. The summed E-state index contributed by atoms with van der Waals surface area (Å²) in [4.78, 5) is 29.9. The van der Waals surface area contributed by atoms with Crippen molar-refractivity contribution in [1.29, 1.82) is 0 Å². The Morgan fingerprint density at radius 1 is 0.833 bits per heavy atom. The number of hydrogen-bond acceptors (Lipinski definition) is 5. The standard InChI is InChI=1S/C6H12N2O2.2C2HF3O2/c9-6(10)5-8-3-1-7-2-4-8;2*3-2(4,5)1(6)7/h7H,1-5H2,(H,9,10);2*(H,6,7). The Hall–Kier alpha value is -2.09. The highest BCUT2D eigenvalue weighted by Gasteiger charge is 2.38. The van der Waals surface area contributed by atoms with E-state index in [0.717, 1.165) is 26.2 Å². The van der Waals surface area contributed by atoms with Gasteiger partial charge in [-0.15, -0.1) is 0 Å². The van der Waals surface area contributed by atoms with Crippen LogP contribution in [0.5, 0.6) is 0 Å². The first-order valence-electron chi connectivity index (χ1n) is 5.93. The number of aliphatic carboxylic acids is 3. The smallest absolute Gasteiger partial charge is 0.480 e. The summed E-state index contributed by atoms with van der Waals surface area (Å²) in [5, 5.41) is 25.8. The van der Waals surface area contributed by atoms with Gasteiger partial charge in [0, 0.05) is 26.2 Å². The van der Waals surface area contributed by atoms with Crippen LogP contribution >= 0.6 is 0 Å². The van der Waals surface area contributed by atoms with Crippen molar-refractivity contribution in [2.45, 2.75) is 12.4 Å². The van der Waals surface area contributed by atoms with Crippen LogP contribution in [0, 0.1) is 0 Å². The third kappa shape index (κ3) is 14.8. The van der Waals surface area contributed by atoms with Gasteiger partial charge in [0.25, 0.3) is 0 Å². The number of carboxylic acids is 3. The van der Waals surface area contributed by atoms with Crippen LogP contribution in [0.15, 0.2) is 0 Å².